The second-order valence-corrected chi connectivity index (χ2v) is 6.96. The Hall–Kier alpha value is -0.130. The van der Waals surface area contributed by atoms with Crippen molar-refractivity contribution in [2.75, 3.05) is 44.7 Å². The molecule has 2 fully saturated rings. The maximum absolute atomic E-state index is 11.0. The van der Waals surface area contributed by atoms with Gasteiger partial charge in [-0.05, 0) is 50.1 Å². The molecule has 1 N–H and O–H groups in total. The first-order chi connectivity index (χ1) is 9.63. The lowest BCUT2D eigenvalue weighted by molar-refractivity contribution is -0.119. The van der Waals surface area contributed by atoms with E-state index >= 15 is 0 Å². The van der Waals surface area contributed by atoms with Crippen LogP contribution in [0.3, 0.4) is 0 Å². The fourth-order valence-electron chi connectivity index (χ4n) is 3.25. The third kappa shape index (κ3) is 4.71. The monoisotopic (exact) mass is 346 g/mol. The van der Waals surface area contributed by atoms with Crippen LogP contribution in [0.15, 0.2) is 0 Å². The number of ether oxygens (including phenoxy) is 1. The minimum Gasteiger partial charge on any atom is -0.381 e. The summed E-state index contributed by atoms with van der Waals surface area (Å²) in [4.78, 5) is 13.6. The second kappa shape index (κ2) is 7.76. The molecule has 0 spiro atoms. The summed E-state index contributed by atoms with van der Waals surface area (Å²) in [6.45, 7) is 7.78. The minimum atomic E-state index is 0.0906. The molecule has 2 saturated heterocycles. The molecule has 5 heteroatoms. The van der Waals surface area contributed by atoms with Gasteiger partial charge in [0.2, 0.25) is 5.91 Å². The Morgan fingerprint density at radius 2 is 2.00 bits per heavy atom. The van der Waals surface area contributed by atoms with Gasteiger partial charge in [0, 0.05) is 38.6 Å². The molecular weight excluding hydrogens is 320 g/mol. The van der Waals surface area contributed by atoms with E-state index < -0.39 is 0 Å². The maximum Gasteiger partial charge on any atom is 0.216 e. The predicted molar refractivity (Wildman–Crippen MR) is 84.1 cm³/mol. The molecule has 0 radical (unpaired) electrons. The number of nitrogens with one attached hydrogen (secondary N) is 1. The molecule has 1 amide bonds. The topological polar surface area (TPSA) is 41.6 Å². The number of nitrogens with zero attached hydrogens (tertiary/aromatic N) is 1. The Labute approximate surface area is 130 Å². The van der Waals surface area contributed by atoms with Crippen LogP contribution in [-0.4, -0.2) is 55.5 Å². The van der Waals surface area contributed by atoms with Crippen molar-refractivity contribution in [1.29, 1.82) is 0 Å². The highest BCUT2D eigenvalue weighted by Crippen LogP contribution is 2.34. The van der Waals surface area contributed by atoms with Gasteiger partial charge in [0.25, 0.3) is 0 Å². The summed E-state index contributed by atoms with van der Waals surface area (Å²) in [5.41, 5.74) is 0.405. The van der Waals surface area contributed by atoms with Crippen LogP contribution in [0.25, 0.3) is 0 Å². The molecule has 0 atom stereocenters. The summed E-state index contributed by atoms with van der Waals surface area (Å²) in [5.74, 6) is 0.748. The molecule has 20 heavy (non-hydrogen) atoms. The van der Waals surface area contributed by atoms with Crippen molar-refractivity contribution in [2.45, 2.75) is 32.6 Å². The average Bonchev–Trinajstić information content (AvgIpc) is 2.47. The van der Waals surface area contributed by atoms with Gasteiger partial charge >= 0.3 is 0 Å². The molecule has 2 aliphatic rings. The fourth-order valence-corrected chi connectivity index (χ4v) is 3.99. The molecule has 2 rings (SSSR count). The van der Waals surface area contributed by atoms with E-state index in [1.54, 1.807) is 6.92 Å². The van der Waals surface area contributed by atoms with E-state index in [0.29, 0.717) is 11.3 Å². The number of hydrogen-bond acceptors (Lipinski definition) is 3. The zero-order chi connectivity index (χ0) is 14.4. The van der Waals surface area contributed by atoms with Crippen molar-refractivity contribution < 1.29 is 9.53 Å². The first-order valence-corrected chi connectivity index (χ1v) is 8.86. The Morgan fingerprint density at radius 3 is 2.55 bits per heavy atom. The van der Waals surface area contributed by atoms with E-state index in [0.717, 1.165) is 25.1 Å². The molecule has 116 valence electrons. The number of piperidine rings is 1. The Balaban J connectivity index is 1.74. The second-order valence-electron chi connectivity index (χ2n) is 6.40. The smallest absolute Gasteiger partial charge is 0.216 e. The van der Waals surface area contributed by atoms with Crippen molar-refractivity contribution in [3.63, 3.8) is 0 Å². The third-order valence-electron chi connectivity index (χ3n) is 4.74. The molecule has 0 aliphatic carbocycles. The summed E-state index contributed by atoms with van der Waals surface area (Å²) >= 11 is 3.72. The maximum atomic E-state index is 11.0. The fraction of sp³-hybridized carbons (Fsp3) is 0.933. The first-order valence-electron chi connectivity index (χ1n) is 7.74. The number of likely N-dealkylation sites (tertiary alicyclic amines) is 1. The van der Waals surface area contributed by atoms with Crippen molar-refractivity contribution in [3.8, 4) is 0 Å². The van der Waals surface area contributed by atoms with Crippen molar-refractivity contribution in [1.82, 2.24) is 10.2 Å². The van der Waals surface area contributed by atoms with E-state index in [9.17, 15) is 4.79 Å². The summed E-state index contributed by atoms with van der Waals surface area (Å²) in [5, 5.41) is 4.03. The van der Waals surface area contributed by atoms with E-state index in [1.165, 1.54) is 45.3 Å². The molecule has 0 unspecified atom stereocenters. The van der Waals surface area contributed by atoms with Crippen molar-refractivity contribution in [3.05, 3.63) is 0 Å². The molecule has 0 aromatic carbocycles. The molecule has 2 aliphatic heterocycles. The van der Waals surface area contributed by atoms with Crippen LogP contribution < -0.4 is 5.32 Å². The Morgan fingerprint density at radius 1 is 1.35 bits per heavy atom. The Kier molecular flexibility index (Phi) is 6.30. The summed E-state index contributed by atoms with van der Waals surface area (Å²) in [6.07, 6.45) is 4.75. The lowest BCUT2D eigenvalue weighted by Crippen LogP contribution is -2.46. The van der Waals surface area contributed by atoms with Gasteiger partial charge in [-0.15, -0.1) is 0 Å². The molecular formula is C15H27BrN2O2. The van der Waals surface area contributed by atoms with Gasteiger partial charge in [0.15, 0.2) is 0 Å². The number of alkyl halides is 1. The normalized spacial score (nSPS) is 24.5. The number of rotatable bonds is 5. The van der Waals surface area contributed by atoms with E-state index in [2.05, 4.69) is 26.1 Å². The van der Waals surface area contributed by atoms with E-state index in [4.69, 9.17) is 4.74 Å². The van der Waals surface area contributed by atoms with Crippen molar-refractivity contribution >= 4 is 21.8 Å². The van der Waals surface area contributed by atoms with Gasteiger partial charge in [-0.1, -0.05) is 15.9 Å². The van der Waals surface area contributed by atoms with Crippen LogP contribution in [-0.2, 0) is 9.53 Å². The highest BCUT2D eigenvalue weighted by Gasteiger charge is 2.34. The van der Waals surface area contributed by atoms with Crippen LogP contribution in [0, 0.1) is 11.3 Å². The summed E-state index contributed by atoms with van der Waals surface area (Å²) in [7, 11) is 0. The molecule has 0 aromatic rings. The zero-order valence-corrected chi connectivity index (χ0v) is 14.1. The number of halogens is 1. The molecule has 2 heterocycles. The third-order valence-corrected chi connectivity index (χ3v) is 5.93. The first kappa shape index (κ1) is 16.2. The van der Waals surface area contributed by atoms with Crippen molar-refractivity contribution in [2.24, 2.45) is 11.3 Å². The van der Waals surface area contributed by atoms with Crippen LogP contribution in [0.2, 0.25) is 0 Å². The molecule has 4 nitrogen and oxygen atoms in total. The van der Waals surface area contributed by atoms with Crippen LogP contribution in [0.4, 0.5) is 0 Å². The summed E-state index contributed by atoms with van der Waals surface area (Å²) < 4.78 is 5.51. The molecule has 0 bridgehead atoms. The quantitative estimate of drug-likeness (QED) is 0.774. The number of carbonyl (C=O) groups is 1. The number of carbonyl (C=O) groups excluding carboxylic acids is 1. The average molecular weight is 347 g/mol. The van der Waals surface area contributed by atoms with E-state index in [1.807, 2.05) is 0 Å². The van der Waals surface area contributed by atoms with E-state index in [-0.39, 0.29) is 5.91 Å². The lowest BCUT2D eigenvalue weighted by Gasteiger charge is -2.42. The number of amides is 1. The zero-order valence-electron chi connectivity index (χ0n) is 12.5. The van der Waals surface area contributed by atoms with Crippen LogP contribution >= 0.6 is 15.9 Å². The highest BCUT2D eigenvalue weighted by molar-refractivity contribution is 9.09. The van der Waals surface area contributed by atoms with Gasteiger partial charge in [-0.25, -0.2) is 0 Å². The Bertz CT molecular complexity index is 311. The number of hydrogen-bond donors (Lipinski definition) is 1. The molecule has 0 saturated carbocycles. The molecule has 0 aromatic heterocycles. The van der Waals surface area contributed by atoms with Crippen LogP contribution in [0.5, 0.6) is 0 Å². The van der Waals surface area contributed by atoms with Gasteiger partial charge in [0.05, 0.1) is 0 Å². The largest absolute Gasteiger partial charge is 0.381 e. The standard InChI is InChI=1S/C15H27BrN2O2/c1-13(19)17-10-14-2-6-18(7-3-14)12-15(11-16)4-8-20-9-5-15/h14H,2-12H2,1H3,(H,17,19). The van der Waals surface area contributed by atoms with Gasteiger partial charge in [-0.2, -0.15) is 0 Å². The van der Waals surface area contributed by atoms with Gasteiger partial charge < -0.3 is 15.0 Å². The summed E-state index contributed by atoms with van der Waals surface area (Å²) in [6, 6.07) is 0. The lowest BCUT2D eigenvalue weighted by atomic mass is 9.81. The van der Waals surface area contributed by atoms with Gasteiger partial charge in [-0.3, -0.25) is 4.79 Å². The van der Waals surface area contributed by atoms with Crippen LogP contribution in [0.1, 0.15) is 32.6 Å². The predicted octanol–water partition coefficient (Wildman–Crippen LogP) is 2.03. The van der Waals surface area contributed by atoms with Gasteiger partial charge in [0.1, 0.15) is 0 Å². The minimum absolute atomic E-state index is 0.0906. The highest BCUT2D eigenvalue weighted by atomic mass is 79.9. The SMILES string of the molecule is CC(=O)NCC1CCN(CC2(CBr)CCOCC2)CC1.